The maximum absolute atomic E-state index is 13.0. The molecule has 4 nitrogen and oxygen atoms in total. The quantitative estimate of drug-likeness (QED) is 0.686. The molecule has 0 saturated heterocycles. The second-order valence-electron chi connectivity index (χ2n) is 6.01. The molecule has 1 N–H and O–H groups in total. The van der Waals surface area contributed by atoms with Crippen LogP contribution in [-0.2, 0) is 0 Å². The van der Waals surface area contributed by atoms with Gasteiger partial charge in [0, 0.05) is 27.5 Å². The molecule has 0 aliphatic carbocycles. The zero-order valence-corrected chi connectivity index (χ0v) is 15.2. The molecule has 3 aromatic rings. The molecule has 1 amide bonds. The monoisotopic (exact) mass is 393 g/mol. The first kappa shape index (κ1) is 15.8. The number of aryl methyl sites for hydroxylation is 1. The molecule has 4 rings (SSSR count). The van der Waals surface area contributed by atoms with Gasteiger partial charge in [0.15, 0.2) is 0 Å². The van der Waals surface area contributed by atoms with Crippen molar-refractivity contribution in [2.45, 2.75) is 13.1 Å². The van der Waals surface area contributed by atoms with Crippen LogP contribution in [0.15, 0.2) is 71.3 Å². The zero-order valence-electron chi connectivity index (χ0n) is 13.6. The van der Waals surface area contributed by atoms with Crippen molar-refractivity contribution in [1.82, 2.24) is 4.98 Å². The molecule has 2 aromatic carbocycles. The van der Waals surface area contributed by atoms with Crippen LogP contribution in [-0.4, -0.2) is 10.9 Å². The van der Waals surface area contributed by atoms with Crippen molar-refractivity contribution in [1.29, 1.82) is 0 Å². The Morgan fingerprint density at radius 1 is 1.04 bits per heavy atom. The van der Waals surface area contributed by atoms with E-state index < -0.39 is 0 Å². The fourth-order valence-corrected chi connectivity index (χ4v) is 3.27. The largest absolute Gasteiger partial charge is 0.361 e. The highest BCUT2D eigenvalue weighted by Crippen LogP contribution is 2.37. The summed E-state index contributed by atoms with van der Waals surface area (Å²) >= 11 is 3.45. The Morgan fingerprint density at radius 2 is 1.80 bits per heavy atom. The topological polar surface area (TPSA) is 45.2 Å². The van der Waals surface area contributed by atoms with Crippen molar-refractivity contribution in [3.63, 3.8) is 0 Å². The number of carbonyl (C=O) groups excluding carboxylic acids is 1. The van der Waals surface area contributed by atoms with Gasteiger partial charge in [0.05, 0.1) is 0 Å². The Morgan fingerprint density at radius 3 is 2.52 bits per heavy atom. The lowest BCUT2D eigenvalue weighted by Crippen LogP contribution is -2.32. The third kappa shape index (κ3) is 2.91. The highest BCUT2D eigenvalue weighted by molar-refractivity contribution is 9.10. The molecule has 1 aliphatic heterocycles. The molecule has 1 aromatic heterocycles. The molecule has 1 aliphatic rings. The van der Waals surface area contributed by atoms with E-state index in [-0.39, 0.29) is 12.1 Å². The number of rotatable bonds is 3. The summed E-state index contributed by atoms with van der Waals surface area (Å²) in [4.78, 5) is 19.1. The van der Waals surface area contributed by atoms with Gasteiger partial charge in [-0.05, 0) is 48.9 Å². The second kappa shape index (κ2) is 6.33. The SMILES string of the molecule is Cc1ccc(N2C(=O)c3ccccc3[C@@H]2Nc2ccc(Br)cc2)nc1. The van der Waals surface area contributed by atoms with Gasteiger partial charge in [-0.15, -0.1) is 0 Å². The summed E-state index contributed by atoms with van der Waals surface area (Å²) in [5.41, 5.74) is 3.66. The van der Waals surface area contributed by atoms with Crippen molar-refractivity contribution < 1.29 is 4.79 Å². The first-order chi connectivity index (χ1) is 12.1. The van der Waals surface area contributed by atoms with Gasteiger partial charge in [0.25, 0.3) is 5.91 Å². The number of anilines is 2. The molecule has 2 heterocycles. The molecule has 1 atom stereocenters. The maximum atomic E-state index is 13.0. The van der Waals surface area contributed by atoms with E-state index in [2.05, 4.69) is 26.2 Å². The van der Waals surface area contributed by atoms with E-state index in [0.29, 0.717) is 11.4 Å². The number of pyridine rings is 1. The summed E-state index contributed by atoms with van der Waals surface area (Å²) in [6.07, 6.45) is 1.49. The van der Waals surface area contributed by atoms with E-state index >= 15 is 0 Å². The summed E-state index contributed by atoms with van der Waals surface area (Å²) in [5, 5.41) is 3.46. The van der Waals surface area contributed by atoms with Crippen molar-refractivity contribution in [3.8, 4) is 0 Å². The lowest BCUT2D eigenvalue weighted by molar-refractivity contribution is 0.0992. The average Bonchev–Trinajstić information content (AvgIpc) is 2.90. The molecule has 124 valence electrons. The predicted molar refractivity (Wildman–Crippen MR) is 103 cm³/mol. The third-order valence-corrected chi connectivity index (χ3v) is 4.78. The second-order valence-corrected chi connectivity index (χ2v) is 6.93. The van der Waals surface area contributed by atoms with Crippen LogP contribution < -0.4 is 10.2 Å². The Labute approximate surface area is 154 Å². The van der Waals surface area contributed by atoms with E-state index in [1.807, 2.05) is 67.6 Å². The Balaban J connectivity index is 1.77. The van der Waals surface area contributed by atoms with Crippen LogP contribution in [0.5, 0.6) is 0 Å². The van der Waals surface area contributed by atoms with E-state index in [0.717, 1.165) is 21.3 Å². The van der Waals surface area contributed by atoms with Crippen LogP contribution in [0.25, 0.3) is 0 Å². The molecule has 0 spiro atoms. The third-order valence-electron chi connectivity index (χ3n) is 4.25. The van der Waals surface area contributed by atoms with E-state index in [9.17, 15) is 4.79 Å². The smallest absolute Gasteiger partial charge is 0.261 e. The molecule has 0 bridgehead atoms. The van der Waals surface area contributed by atoms with Crippen LogP contribution in [0.1, 0.15) is 27.7 Å². The lowest BCUT2D eigenvalue weighted by atomic mass is 10.1. The Bertz CT molecular complexity index is 922. The van der Waals surface area contributed by atoms with Gasteiger partial charge in [-0.3, -0.25) is 9.69 Å². The molecule has 0 unspecified atom stereocenters. The van der Waals surface area contributed by atoms with Gasteiger partial charge < -0.3 is 5.32 Å². The Hall–Kier alpha value is -2.66. The number of carbonyl (C=O) groups is 1. The van der Waals surface area contributed by atoms with Crippen molar-refractivity contribution >= 4 is 33.3 Å². The molecule has 0 saturated carbocycles. The van der Waals surface area contributed by atoms with E-state index in [4.69, 9.17) is 0 Å². The van der Waals surface area contributed by atoms with Gasteiger partial charge in [-0.2, -0.15) is 0 Å². The van der Waals surface area contributed by atoms with Gasteiger partial charge in [0.2, 0.25) is 0 Å². The maximum Gasteiger partial charge on any atom is 0.261 e. The van der Waals surface area contributed by atoms with Gasteiger partial charge >= 0.3 is 0 Å². The number of hydrogen-bond acceptors (Lipinski definition) is 3. The normalized spacial score (nSPS) is 16.0. The van der Waals surface area contributed by atoms with Crippen LogP contribution >= 0.6 is 15.9 Å². The predicted octanol–water partition coefficient (Wildman–Crippen LogP) is 4.92. The summed E-state index contributed by atoms with van der Waals surface area (Å²) in [6, 6.07) is 19.4. The van der Waals surface area contributed by atoms with Gasteiger partial charge in [0.1, 0.15) is 12.0 Å². The number of benzene rings is 2. The van der Waals surface area contributed by atoms with Crippen molar-refractivity contribution in [2.75, 3.05) is 10.2 Å². The van der Waals surface area contributed by atoms with Crippen LogP contribution in [0, 0.1) is 6.92 Å². The molecular weight excluding hydrogens is 378 g/mol. The van der Waals surface area contributed by atoms with Crippen LogP contribution in [0.3, 0.4) is 0 Å². The minimum atomic E-state index is -0.292. The summed E-state index contributed by atoms with van der Waals surface area (Å²) < 4.78 is 1.01. The zero-order chi connectivity index (χ0) is 17.4. The van der Waals surface area contributed by atoms with E-state index in [1.54, 1.807) is 11.1 Å². The average molecular weight is 394 g/mol. The van der Waals surface area contributed by atoms with E-state index in [1.165, 1.54) is 0 Å². The molecule has 5 heteroatoms. The first-order valence-electron chi connectivity index (χ1n) is 8.01. The number of aromatic nitrogens is 1. The number of amides is 1. The fourth-order valence-electron chi connectivity index (χ4n) is 3.00. The van der Waals surface area contributed by atoms with Crippen molar-refractivity contribution in [2.24, 2.45) is 0 Å². The van der Waals surface area contributed by atoms with Gasteiger partial charge in [-0.1, -0.05) is 40.2 Å². The number of halogens is 1. The standard InChI is InChI=1S/C20H16BrN3O/c1-13-6-11-18(22-12-13)24-19(23-15-9-7-14(21)8-10-15)16-4-2-3-5-17(16)20(24)25/h2-12,19,23H,1H3/t19-/m1/s1. The van der Waals surface area contributed by atoms with Crippen LogP contribution in [0.2, 0.25) is 0 Å². The Kier molecular flexibility index (Phi) is 4.01. The minimum absolute atomic E-state index is 0.0402. The summed E-state index contributed by atoms with van der Waals surface area (Å²) in [7, 11) is 0. The van der Waals surface area contributed by atoms with Crippen molar-refractivity contribution in [3.05, 3.63) is 88.0 Å². The summed E-state index contributed by atoms with van der Waals surface area (Å²) in [6.45, 7) is 1.98. The fraction of sp³-hybridized carbons (Fsp3) is 0.100. The lowest BCUT2D eigenvalue weighted by Gasteiger charge is -2.26. The molecular formula is C20H16BrN3O. The first-order valence-corrected chi connectivity index (χ1v) is 8.80. The number of fused-ring (bicyclic) bond motifs is 1. The minimum Gasteiger partial charge on any atom is -0.361 e. The summed E-state index contributed by atoms with van der Waals surface area (Å²) in [5.74, 6) is 0.600. The molecule has 25 heavy (non-hydrogen) atoms. The van der Waals surface area contributed by atoms with Crippen LogP contribution in [0.4, 0.5) is 11.5 Å². The number of hydrogen-bond donors (Lipinski definition) is 1. The highest BCUT2D eigenvalue weighted by Gasteiger charge is 2.38. The molecule has 0 radical (unpaired) electrons. The number of nitrogens with one attached hydrogen (secondary N) is 1. The van der Waals surface area contributed by atoms with Gasteiger partial charge in [-0.25, -0.2) is 4.98 Å². The molecule has 0 fully saturated rings. The highest BCUT2D eigenvalue weighted by atomic mass is 79.9. The number of nitrogens with zero attached hydrogens (tertiary/aromatic N) is 2.